The van der Waals surface area contributed by atoms with Crippen molar-refractivity contribution in [2.75, 3.05) is 0 Å². The second-order valence-electron chi connectivity index (χ2n) is 4.12. The maximum absolute atomic E-state index is 11.2. The zero-order chi connectivity index (χ0) is 12.4. The summed E-state index contributed by atoms with van der Waals surface area (Å²) in [7, 11) is 0. The Morgan fingerprint density at radius 1 is 1.29 bits per heavy atom. The number of carbonyl (C=O) groups is 1. The van der Waals surface area contributed by atoms with Gasteiger partial charge < -0.3 is 5.11 Å². The van der Waals surface area contributed by atoms with Crippen LogP contribution < -0.4 is 0 Å². The summed E-state index contributed by atoms with van der Waals surface area (Å²) in [6, 6.07) is 9.58. The maximum Gasteiger partial charge on any atom is 0.339 e. The standard InChI is InChI=1S/C13H14N2O2/c1-9(2)15-12(10-6-4-3-5-7-10)11(8-14-15)13(16)17/h3-9H,1-2H3,(H,16,17). The van der Waals surface area contributed by atoms with Gasteiger partial charge >= 0.3 is 5.97 Å². The molecule has 4 heteroatoms. The first-order valence-electron chi connectivity index (χ1n) is 5.47. The van der Waals surface area contributed by atoms with Gasteiger partial charge in [-0.3, -0.25) is 4.68 Å². The Bertz CT molecular complexity index is 530. The van der Waals surface area contributed by atoms with Crippen molar-refractivity contribution in [3.8, 4) is 11.3 Å². The summed E-state index contributed by atoms with van der Waals surface area (Å²) in [6.07, 6.45) is 1.41. The van der Waals surface area contributed by atoms with E-state index >= 15 is 0 Å². The molecule has 88 valence electrons. The van der Waals surface area contributed by atoms with E-state index in [0.29, 0.717) is 5.69 Å². The zero-order valence-corrected chi connectivity index (χ0v) is 9.79. The van der Waals surface area contributed by atoms with Crippen LogP contribution in [0.1, 0.15) is 30.2 Å². The number of benzene rings is 1. The SMILES string of the molecule is CC(C)n1ncc(C(=O)O)c1-c1ccccc1. The monoisotopic (exact) mass is 230 g/mol. The molecule has 0 fully saturated rings. The first-order valence-corrected chi connectivity index (χ1v) is 5.47. The third-order valence-electron chi connectivity index (χ3n) is 2.56. The van der Waals surface area contributed by atoms with Crippen molar-refractivity contribution in [3.63, 3.8) is 0 Å². The Hall–Kier alpha value is -2.10. The fourth-order valence-electron chi connectivity index (χ4n) is 1.79. The molecule has 0 aliphatic heterocycles. The van der Waals surface area contributed by atoms with Crippen LogP contribution in [0.15, 0.2) is 36.5 Å². The van der Waals surface area contributed by atoms with Gasteiger partial charge in [-0.2, -0.15) is 5.10 Å². The van der Waals surface area contributed by atoms with Gasteiger partial charge in [0.05, 0.1) is 11.9 Å². The van der Waals surface area contributed by atoms with Gasteiger partial charge in [-0.05, 0) is 13.8 Å². The summed E-state index contributed by atoms with van der Waals surface area (Å²) in [6.45, 7) is 3.95. The molecule has 0 radical (unpaired) electrons. The largest absolute Gasteiger partial charge is 0.478 e. The smallest absolute Gasteiger partial charge is 0.339 e. The average molecular weight is 230 g/mol. The Morgan fingerprint density at radius 2 is 1.94 bits per heavy atom. The normalized spacial score (nSPS) is 10.8. The first-order chi connectivity index (χ1) is 8.11. The number of aromatic nitrogens is 2. The van der Waals surface area contributed by atoms with Gasteiger partial charge in [-0.1, -0.05) is 30.3 Å². The molecule has 0 aliphatic rings. The summed E-state index contributed by atoms with van der Waals surface area (Å²) < 4.78 is 1.73. The van der Waals surface area contributed by atoms with E-state index in [0.717, 1.165) is 5.56 Å². The summed E-state index contributed by atoms with van der Waals surface area (Å²) >= 11 is 0. The van der Waals surface area contributed by atoms with Crippen molar-refractivity contribution >= 4 is 5.97 Å². The summed E-state index contributed by atoms with van der Waals surface area (Å²) in [4.78, 5) is 11.2. The number of carboxylic acid groups (broad SMARTS) is 1. The number of hydrogen-bond donors (Lipinski definition) is 1. The lowest BCUT2D eigenvalue weighted by atomic mass is 10.1. The molecule has 0 unspecified atom stereocenters. The molecule has 0 bridgehead atoms. The number of aromatic carboxylic acids is 1. The highest BCUT2D eigenvalue weighted by Crippen LogP contribution is 2.26. The van der Waals surface area contributed by atoms with Crippen LogP contribution in [-0.4, -0.2) is 20.9 Å². The Labute approximate surface area is 99.5 Å². The zero-order valence-electron chi connectivity index (χ0n) is 9.79. The van der Waals surface area contributed by atoms with Crippen molar-refractivity contribution in [3.05, 3.63) is 42.1 Å². The minimum atomic E-state index is -0.948. The Balaban J connectivity index is 2.65. The van der Waals surface area contributed by atoms with Crippen LogP contribution in [0.2, 0.25) is 0 Å². The predicted molar refractivity (Wildman–Crippen MR) is 65.0 cm³/mol. The van der Waals surface area contributed by atoms with Gasteiger partial charge in [-0.25, -0.2) is 4.79 Å². The summed E-state index contributed by atoms with van der Waals surface area (Å²) in [5.41, 5.74) is 1.77. The van der Waals surface area contributed by atoms with Crippen molar-refractivity contribution in [1.82, 2.24) is 9.78 Å². The van der Waals surface area contributed by atoms with Gasteiger partial charge in [0, 0.05) is 11.6 Å². The lowest BCUT2D eigenvalue weighted by Gasteiger charge is -2.11. The van der Waals surface area contributed by atoms with Gasteiger partial charge in [0.2, 0.25) is 0 Å². The van der Waals surface area contributed by atoms with Crippen LogP contribution in [-0.2, 0) is 0 Å². The number of hydrogen-bond acceptors (Lipinski definition) is 2. The molecule has 2 rings (SSSR count). The van der Waals surface area contributed by atoms with E-state index in [2.05, 4.69) is 5.10 Å². The molecule has 0 atom stereocenters. The maximum atomic E-state index is 11.2. The minimum Gasteiger partial charge on any atom is -0.478 e. The molecule has 0 saturated carbocycles. The third kappa shape index (κ3) is 2.06. The van der Waals surface area contributed by atoms with Crippen molar-refractivity contribution in [2.24, 2.45) is 0 Å². The number of nitrogens with zero attached hydrogens (tertiary/aromatic N) is 2. The van der Waals surface area contributed by atoms with Gasteiger partial charge in [-0.15, -0.1) is 0 Å². The molecule has 0 spiro atoms. The number of carboxylic acids is 1. The van der Waals surface area contributed by atoms with Crippen LogP contribution in [0.4, 0.5) is 0 Å². The van der Waals surface area contributed by atoms with Crippen LogP contribution in [0, 0.1) is 0 Å². The van der Waals surface area contributed by atoms with Crippen LogP contribution in [0.5, 0.6) is 0 Å². The van der Waals surface area contributed by atoms with E-state index in [-0.39, 0.29) is 11.6 Å². The fourth-order valence-corrected chi connectivity index (χ4v) is 1.79. The second kappa shape index (κ2) is 4.41. The van der Waals surface area contributed by atoms with Gasteiger partial charge in [0.25, 0.3) is 0 Å². The molecule has 17 heavy (non-hydrogen) atoms. The van der Waals surface area contributed by atoms with E-state index in [1.165, 1.54) is 6.20 Å². The molecule has 1 aromatic heterocycles. The molecular weight excluding hydrogens is 216 g/mol. The van der Waals surface area contributed by atoms with Crippen LogP contribution >= 0.6 is 0 Å². The second-order valence-corrected chi connectivity index (χ2v) is 4.12. The van der Waals surface area contributed by atoms with E-state index in [9.17, 15) is 4.79 Å². The van der Waals surface area contributed by atoms with Crippen molar-refractivity contribution in [2.45, 2.75) is 19.9 Å². The molecule has 4 nitrogen and oxygen atoms in total. The van der Waals surface area contributed by atoms with E-state index < -0.39 is 5.97 Å². The highest BCUT2D eigenvalue weighted by molar-refractivity contribution is 5.94. The lowest BCUT2D eigenvalue weighted by molar-refractivity contribution is 0.0697. The highest BCUT2D eigenvalue weighted by Gasteiger charge is 2.19. The highest BCUT2D eigenvalue weighted by atomic mass is 16.4. The molecule has 2 aromatic rings. The minimum absolute atomic E-state index is 0.123. The van der Waals surface area contributed by atoms with Crippen molar-refractivity contribution < 1.29 is 9.90 Å². The molecule has 0 amide bonds. The van der Waals surface area contributed by atoms with Gasteiger partial charge in [0.1, 0.15) is 5.56 Å². The van der Waals surface area contributed by atoms with E-state index in [4.69, 9.17) is 5.11 Å². The van der Waals surface area contributed by atoms with Crippen molar-refractivity contribution in [1.29, 1.82) is 0 Å². The number of rotatable bonds is 3. The van der Waals surface area contributed by atoms with Gasteiger partial charge in [0.15, 0.2) is 0 Å². The summed E-state index contributed by atoms with van der Waals surface area (Å²) in [5.74, 6) is -0.948. The molecule has 1 N–H and O–H groups in total. The molecule has 0 saturated heterocycles. The molecular formula is C13H14N2O2. The summed E-state index contributed by atoms with van der Waals surface area (Å²) in [5, 5.41) is 13.3. The predicted octanol–water partition coefficient (Wildman–Crippen LogP) is 2.83. The Morgan fingerprint density at radius 3 is 2.47 bits per heavy atom. The molecule has 0 aliphatic carbocycles. The average Bonchev–Trinajstić information content (AvgIpc) is 2.74. The fraction of sp³-hybridized carbons (Fsp3) is 0.231. The topological polar surface area (TPSA) is 55.1 Å². The van der Waals surface area contributed by atoms with Crippen LogP contribution in [0.25, 0.3) is 11.3 Å². The first kappa shape index (κ1) is 11.4. The quantitative estimate of drug-likeness (QED) is 0.882. The van der Waals surface area contributed by atoms with Crippen LogP contribution in [0.3, 0.4) is 0 Å². The molecule has 1 aromatic carbocycles. The lowest BCUT2D eigenvalue weighted by Crippen LogP contribution is -2.06. The third-order valence-corrected chi connectivity index (χ3v) is 2.56. The molecule has 1 heterocycles. The Kier molecular flexibility index (Phi) is 2.95. The van der Waals surface area contributed by atoms with E-state index in [1.807, 2.05) is 44.2 Å². The van der Waals surface area contributed by atoms with E-state index in [1.54, 1.807) is 4.68 Å².